The van der Waals surface area contributed by atoms with Crippen molar-refractivity contribution >= 4 is 17.7 Å². The summed E-state index contributed by atoms with van der Waals surface area (Å²) in [5.74, 6) is -1.55. The number of nitrogens with one attached hydrogen (secondary N) is 2. The molecule has 150 valence electrons. The number of halogens is 1. The minimum absolute atomic E-state index is 0.0605. The fraction of sp³-hybridized carbons (Fsp3) is 0.450. The van der Waals surface area contributed by atoms with E-state index in [1.165, 1.54) is 18.2 Å². The molecule has 3 rings (SSSR count). The molecular weight excluding hydrogens is 363 g/mol. The number of aromatic nitrogens is 2. The van der Waals surface area contributed by atoms with E-state index in [-0.39, 0.29) is 12.0 Å². The van der Waals surface area contributed by atoms with E-state index >= 15 is 0 Å². The number of nitrogens with zero attached hydrogens (tertiary/aromatic N) is 2. The average molecular weight is 388 g/mol. The Balaban J connectivity index is 1.70. The van der Waals surface area contributed by atoms with Gasteiger partial charge in [0.25, 0.3) is 0 Å². The number of hydrogen-bond donors (Lipinski definition) is 3. The van der Waals surface area contributed by atoms with Crippen molar-refractivity contribution in [3.05, 3.63) is 36.4 Å². The van der Waals surface area contributed by atoms with Crippen LogP contribution in [0.25, 0.3) is 11.1 Å². The Bertz CT molecular complexity index is 909. The molecule has 3 atom stereocenters. The summed E-state index contributed by atoms with van der Waals surface area (Å²) < 4.78 is 15.3. The van der Waals surface area contributed by atoms with Crippen molar-refractivity contribution in [2.24, 2.45) is 24.3 Å². The lowest BCUT2D eigenvalue weighted by atomic mass is 9.53. The van der Waals surface area contributed by atoms with E-state index in [4.69, 9.17) is 0 Å². The molecule has 8 heteroatoms. The van der Waals surface area contributed by atoms with Gasteiger partial charge < -0.3 is 15.7 Å². The molecule has 2 amide bonds. The monoisotopic (exact) mass is 388 g/mol. The van der Waals surface area contributed by atoms with E-state index in [1.807, 2.05) is 20.8 Å². The van der Waals surface area contributed by atoms with Gasteiger partial charge in [-0.1, -0.05) is 13.8 Å². The topological polar surface area (TPSA) is 96.3 Å². The summed E-state index contributed by atoms with van der Waals surface area (Å²) in [5, 5.41) is 19.0. The van der Waals surface area contributed by atoms with E-state index < -0.39 is 29.2 Å². The standard InChI is InChI=1S/C20H25FN4O3/c1-11(15-8-16(18(26)27)20(15,2)3)23-19(28)24-17-6-5-13(21)7-14(17)12-9-22-25(4)10-12/h5-7,9-11,15-16H,8H2,1-4H3,(H,26,27)(H2,23,24,28)/t11?,15-,16+/m0/s1. The van der Waals surface area contributed by atoms with Crippen molar-refractivity contribution in [2.45, 2.75) is 33.2 Å². The maximum absolute atomic E-state index is 13.7. The van der Waals surface area contributed by atoms with Crippen LogP contribution in [0, 0.1) is 23.1 Å². The maximum atomic E-state index is 13.7. The van der Waals surface area contributed by atoms with Crippen molar-refractivity contribution in [1.82, 2.24) is 15.1 Å². The quantitative estimate of drug-likeness (QED) is 0.731. The number of aryl methyl sites for hydroxylation is 1. The highest BCUT2D eigenvalue weighted by Gasteiger charge is 2.53. The summed E-state index contributed by atoms with van der Waals surface area (Å²) >= 11 is 0. The Morgan fingerprint density at radius 3 is 2.68 bits per heavy atom. The predicted octanol–water partition coefficient (Wildman–Crippen LogP) is 3.48. The highest BCUT2D eigenvalue weighted by molar-refractivity contribution is 5.94. The molecule has 0 radical (unpaired) electrons. The van der Waals surface area contributed by atoms with Crippen LogP contribution < -0.4 is 10.6 Å². The van der Waals surface area contributed by atoms with Crippen LogP contribution in [0.5, 0.6) is 0 Å². The highest BCUT2D eigenvalue weighted by atomic mass is 19.1. The van der Waals surface area contributed by atoms with Crippen LogP contribution in [0.2, 0.25) is 0 Å². The lowest BCUT2D eigenvalue weighted by Crippen LogP contribution is -2.57. The molecule has 1 aromatic heterocycles. The lowest BCUT2D eigenvalue weighted by molar-refractivity contribution is -0.160. The number of anilines is 1. The lowest BCUT2D eigenvalue weighted by Gasteiger charge is -2.52. The van der Waals surface area contributed by atoms with E-state index in [0.29, 0.717) is 23.2 Å². The SMILES string of the molecule is CC(NC(=O)Nc1ccc(F)cc1-c1cnn(C)c1)[C@@H]1C[C@H](C(=O)O)C1(C)C. The molecule has 7 nitrogen and oxygen atoms in total. The number of hydrogen-bond acceptors (Lipinski definition) is 3. The molecule has 0 saturated heterocycles. The van der Waals surface area contributed by atoms with Crippen LogP contribution in [-0.4, -0.2) is 32.9 Å². The van der Waals surface area contributed by atoms with E-state index in [0.717, 1.165) is 0 Å². The van der Waals surface area contributed by atoms with Crippen molar-refractivity contribution in [2.75, 3.05) is 5.32 Å². The van der Waals surface area contributed by atoms with Gasteiger partial charge in [0.1, 0.15) is 5.82 Å². The van der Waals surface area contributed by atoms with Crippen molar-refractivity contribution in [3.8, 4) is 11.1 Å². The van der Waals surface area contributed by atoms with Gasteiger partial charge in [-0.3, -0.25) is 9.48 Å². The molecule has 1 heterocycles. The number of urea groups is 1. The van der Waals surface area contributed by atoms with E-state index in [1.54, 1.807) is 24.1 Å². The van der Waals surface area contributed by atoms with Crippen LogP contribution in [0.1, 0.15) is 27.2 Å². The minimum atomic E-state index is -0.801. The van der Waals surface area contributed by atoms with Gasteiger partial charge in [0.05, 0.1) is 17.8 Å². The number of carbonyl (C=O) groups excluding carboxylic acids is 1. The molecule has 1 fully saturated rings. The second-order valence-corrected chi connectivity index (χ2v) is 8.03. The van der Waals surface area contributed by atoms with Gasteiger partial charge in [-0.15, -0.1) is 0 Å². The Morgan fingerprint density at radius 1 is 1.39 bits per heavy atom. The van der Waals surface area contributed by atoms with Crippen molar-refractivity contribution in [1.29, 1.82) is 0 Å². The second-order valence-electron chi connectivity index (χ2n) is 8.03. The third-order valence-electron chi connectivity index (χ3n) is 5.85. The van der Waals surface area contributed by atoms with Gasteiger partial charge >= 0.3 is 12.0 Å². The molecule has 1 aromatic carbocycles. The number of carbonyl (C=O) groups is 2. The third kappa shape index (κ3) is 3.72. The first-order valence-electron chi connectivity index (χ1n) is 9.18. The average Bonchev–Trinajstić information content (AvgIpc) is 3.01. The minimum Gasteiger partial charge on any atom is -0.481 e. The summed E-state index contributed by atoms with van der Waals surface area (Å²) in [7, 11) is 1.76. The predicted molar refractivity (Wildman–Crippen MR) is 103 cm³/mol. The van der Waals surface area contributed by atoms with Gasteiger partial charge in [0.2, 0.25) is 0 Å². The van der Waals surface area contributed by atoms with Gasteiger partial charge in [-0.25, -0.2) is 9.18 Å². The zero-order valence-electron chi connectivity index (χ0n) is 16.4. The third-order valence-corrected chi connectivity index (χ3v) is 5.85. The summed E-state index contributed by atoms with van der Waals surface area (Å²) in [4.78, 5) is 23.8. The summed E-state index contributed by atoms with van der Waals surface area (Å²) in [6.07, 6.45) is 3.87. The van der Waals surface area contributed by atoms with Gasteiger partial charge in [0, 0.05) is 30.4 Å². The van der Waals surface area contributed by atoms with Crippen LogP contribution >= 0.6 is 0 Å². The first kappa shape index (κ1) is 19.9. The Morgan fingerprint density at radius 2 is 2.11 bits per heavy atom. The summed E-state index contributed by atoms with van der Waals surface area (Å²) in [6, 6.07) is 3.52. The number of amides is 2. The summed E-state index contributed by atoms with van der Waals surface area (Å²) in [6.45, 7) is 5.70. The molecule has 0 bridgehead atoms. The van der Waals surface area contributed by atoms with Crippen LogP contribution in [-0.2, 0) is 11.8 Å². The normalized spacial score (nSPS) is 21.5. The van der Waals surface area contributed by atoms with Crippen LogP contribution in [0.15, 0.2) is 30.6 Å². The van der Waals surface area contributed by atoms with Crippen molar-refractivity contribution in [3.63, 3.8) is 0 Å². The zero-order valence-corrected chi connectivity index (χ0v) is 16.4. The fourth-order valence-electron chi connectivity index (χ4n) is 4.12. The van der Waals surface area contributed by atoms with Gasteiger partial charge in [0.15, 0.2) is 0 Å². The first-order valence-corrected chi connectivity index (χ1v) is 9.18. The molecule has 1 aliphatic carbocycles. The fourth-order valence-corrected chi connectivity index (χ4v) is 4.12. The second kappa shape index (κ2) is 7.26. The maximum Gasteiger partial charge on any atom is 0.319 e. The van der Waals surface area contributed by atoms with Crippen LogP contribution in [0.4, 0.5) is 14.9 Å². The highest BCUT2D eigenvalue weighted by Crippen LogP contribution is 2.52. The molecule has 28 heavy (non-hydrogen) atoms. The molecule has 0 aliphatic heterocycles. The van der Waals surface area contributed by atoms with Crippen LogP contribution in [0.3, 0.4) is 0 Å². The Hall–Kier alpha value is -2.90. The number of aliphatic carboxylic acids is 1. The molecule has 1 saturated carbocycles. The Labute approximate surface area is 162 Å². The smallest absolute Gasteiger partial charge is 0.319 e. The first-order chi connectivity index (χ1) is 13.1. The number of carboxylic acids is 1. The molecule has 0 spiro atoms. The molecule has 1 unspecified atom stereocenters. The molecule has 2 aromatic rings. The molecule has 3 N–H and O–H groups in total. The molecular formula is C20H25FN4O3. The van der Waals surface area contributed by atoms with E-state index in [9.17, 15) is 19.1 Å². The number of benzene rings is 1. The van der Waals surface area contributed by atoms with Gasteiger partial charge in [-0.2, -0.15) is 5.10 Å². The van der Waals surface area contributed by atoms with Crippen molar-refractivity contribution < 1.29 is 19.1 Å². The van der Waals surface area contributed by atoms with E-state index in [2.05, 4.69) is 15.7 Å². The summed E-state index contributed by atoms with van der Waals surface area (Å²) in [5.41, 5.74) is 1.30. The molecule has 1 aliphatic rings. The number of rotatable bonds is 5. The number of carboxylic acid groups (broad SMARTS) is 1. The van der Waals surface area contributed by atoms with Gasteiger partial charge in [-0.05, 0) is 42.9 Å². The largest absolute Gasteiger partial charge is 0.481 e. The zero-order chi connectivity index (χ0) is 20.6. The Kier molecular flexibility index (Phi) is 5.14.